The third-order valence-electron chi connectivity index (χ3n) is 2.36. The maximum absolute atomic E-state index is 13.7. The predicted molar refractivity (Wildman–Crippen MR) is 57.6 cm³/mol. The van der Waals surface area contributed by atoms with Crippen LogP contribution in [0, 0.1) is 5.82 Å². The van der Waals surface area contributed by atoms with Gasteiger partial charge in [0.2, 0.25) is 0 Å². The summed E-state index contributed by atoms with van der Waals surface area (Å²) in [6.07, 6.45) is 3.23. The average molecular weight is 221 g/mol. The molecule has 0 saturated carbocycles. The summed E-state index contributed by atoms with van der Waals surface area (Å²) in [5.74, 6) is 0.597. The van der Waals surface area contributed by atoms with Crippen LogP contribution < -0.4 is 10.5 Å². The lowest BCUT2D eigenvalue weighted by atomic mass is 10.1. The Morgan fingerprint density at radius 3 is 2.88 bits per heavy atom. The molecule has 16 heavy (non-hydrogen) atoms. The highest BCUT2D eigenvalue weighted by Crippen LogP contribution is 2.23. The van der Waals surface area contributed by atoms with E-state index in [0.29, 0.717) is 17.1 Å². The van der Waals surface area contributed by atoms with Crippen LogP contribution in [0.4, 0.5) is 4.39 Å². The molecule has 84 valence electrons. The van der Waals surface area contributed by atoms with Gasteiger partial charge in [-0.2, -0.15) is 0 Å². The maximum Gasteiger partial charge on any atom is 0.132 e. The minimum absolute atomic E-state index is 0.385. The first-order chi connectivity index (χ1) is 7.72. The van der Waals surface area contributed by atoms with Gasteiger partial charge in [-0.25, -0.2) is 9.37 Å². The van der Waals surface area contributed by atoms with Gasteiger partial charge in [0.1, 0.15) is 17.4 Å². The molecule has 0 aliphatic heterocycles. The summed E-state index contributed by atoms with van der Waals surface area (Å²) in [6, 6.07) is 3.97. The Morgan fingerprint density at radius 1 is 1.50 bits per heavy atom. The van der Waals surface area contributed by atoms with Gasteiger partial charge in [-0.15, -0.1) is 0 Å². The van der Waals surface area contributed by atoms with Crippen molar-refractivity contribution in [3.8, 4) is 5.75 Å². The second-order valence-electron chi connectivity index (χ2n) is 3.34. The molecular formula is C11H12FN3O. The van der Waals surface area contributed by atoms with Crippen molar-refractivity contribution in [1.82, 2.24) is 9.97 Å². The minimum Gasteiger partial charge on any atom is -0.497 e. The summed E-state index contributed by atoms with van der Waals surface area (Å²) >= 11 is 0. The Morgan fingerprint density at radius 2 is 2.31 bits per heavy atom. The van der Waals surface area contributed by atoms with Crippen LogP contribution in [-0.4, -0.2) is 17.1 Å². The van der Waals surface area contributed by atoms with E-state index >= 15 is 0 Å². The van der Waals surface area contributed by atoms with Crippen molar-refractivity contribution in [3.05, 3.63) is 47.8 Å². The van der Waals surface area contributed by atoms with E-state index in [1.54, 1.807) is 24.5 Å². The van der Waals surface area contributed by atoms with E-state index in [0.717, 1.165) is 0 Å². The Balaban J connectivity index is 2.34. The molecule has 1 aromatic carbocycles. The lowest BCUT2D eigenvalue weighted by Crippen LogP contribution is -2.15. The normalized spacial score (nSPS) is 12.4. The van der Waals surface area contributed by atoms with Crippen LogP contribution in [0.5, 0.6) is 5.75 Å². The van der Waals surface area contributed by atoms with Gasteiger partial charge in [0.15, 0.2) is 0 Å². The summed E-state index contributed by atoms with van der Waals surface area (Å²) in [5, 5.41) is 0. The number of halogens is 1. The van der Waals surface area contributed by atoms with Gasteiger partial charge in [0.25, 0.3) is 0 Å². The first kappa shape index (κ1) is 10.6. The standard InChI is InChI=1S/C11H12FN3O/c1-16-7-2-3-8(9(12)6-7)10(13)11-14-4-5-15-11/h2-6,10H,13H2,1H3,(H,14,15). The van der Waals surface area contributed by atoms with Crippen molar-refractivity contribution in [1.29, 1.82) is 0 Å². The van der Waals surface area contributed by atoms with Crippen molar-refractivity contribution in [2.24, 2.45) is 5.73 Å². The second kappa shape index (κ2) is 4.32. The van der Waals surface area contributed by atoms with E-state index in [2.05, 4.69) is 9.97 Å². The zero-order valence-electron chi connectivity index (χ0n) is 8.77. The number of nitrogens with one attached hydrogen (secondary N) is 1. The van der Waals surface area contributed by atoms with Gasteiger partial charge in [-0.3, -0.25) is 0 Å². The smallest absolute Gasteiger partial charge is 0.132 e. The number of benzene rings is 1. The van der Waals surface area contributed by atoms with Crippen molar-refractivity contribution < 1.29 is 9.13 Å². The lowest BCUT2D eigenvalue weighted by molar-refractivity contribution is 0.410. The number of aromatic amines is 1. The molecule has 5 heteroatoms. The van der Waals surface area contributed by atoms with Crippen LogP contribution in [-0.2, 0) is 0 Å². The predicted octanol–water partition coefficient (Wildman–Crippen LogP) is 1.61. The Kier molecular flexibility index (Phi) is 2.87. The molecule has 0 saturated heterocycles. The summed E-state index contributed by atoms with van der Waals surface area (Å²) in [6.45, 7) is 0. The summed E-state index contributed by atoms with van der Waals surface area (Å²) < 4.78 is 18.6. The summed E-state index contributed by atoms with van der Waals surface area (Å²) in [4.78, 5) is 6.85. The van der Waals surface area contributed by atoms with Gasteiger partial charge < -0.3 is 15.5 Å². The van der Waals surface area contributed by atoms with Crippen LogP contribution in [0.3, 0.4) is 0 Å². The molecule has 0 bridgehead atoms. The highest BCUT2D eigenvalue weighted by molar-refractivity contribution is 5.33. The van der Waals surface area contributed by atoms with Crippen molar-refractivity contribution >= 4 is 0 Å². The fourth-order valence-electron chi connectivity index (χ4n) is 1.48. The fourth-order valence-corrected chi connectivity index (χ4v) is 1.48. The molecule has 0 fully saturated rings. The number of nitrogens with two attached hydrogens (primary N) is 1. The second-order valence-corrected chi connectivity index (χ2v) is 3.34. The number of nitrogens with zero attached hydrogens (tertiary/aromatic N) is 1. The number of methoxy groups -OCH3 is 1. The molecule has 1 unspecified atom stereocenters. The van der Waals surface area contributed by atoms with Crippen molar-refractivity contribution in [2.45, 2.75) is 6.04 Å². The Labute approximate surface area is 92.3 Å². The number of imidazole rings is 1. The number of H-pyrrole nitrogens is 1. The fraction of sp³-hybridized carbons (Fsp3) is 0.182. The third kappa shape index (κ3) is 1.90. The zero-order chi connectivity index (χ0) is 11.5. The molecule has 2 aromatic rings. The number of rotatable bonds is 3. The monoisotopic (exact) mass is 221 g/mol. The number of aromatic nitrogens is 2. The average Bonchev–Trinajstić information content (AvgIpc) is 2.81. The van der Waals surface area contributed by atoms with E-state index in [-0.39, 0.29) is 0 Å². The lowest BCUT2D eigenvalue weighted by Gasteiger charge is -2.11. The van der Waals surface area contributed by atoms with Crippen LogP contribution in [0.15, 0.2) is 30.6 Å². The molecular weight excluding hydrogens is 209 g/mol. The van der Waals surface area contributed by atoms with Crippen LogP contribution >= 0.6 is 0 Å². The topological polar surface area (TPSA) is 63.9 Å². The maximum atomic E-state index is 13.7. The van der Waals surface area contributed by atoms with E-state index in [9.17, 15) is 4.39 Å². The van der Waals surface area contributed by atoms with E-state index in [1.807, 2.05) is 0 Å². The first-order valence-corrected chi connectivity index (χ1v) is 4.80. The molecule has 0 amide bonds. The number of hydrogen-bond acceptors (Lipinski definition) is 3. The molecule has 2 rings (SSSR count). The van der Waals surface area contributed by atoms with Gasteiger partial charge in [-0.05, 0) is 6.07 Å². The number of hydrogen-bond donors (Lipinski definition) is 2. The SMILES string of the molecule is COc1ccc(C(N)c2ncc[nH]2)c(F)c1. The van der Waals surface area contributed by atoms with Crippen LogP contribution in [0.1, 0.15) is 17.4 Å². The molecule has 4 nitrogen and oxygen atoms in total. The quantitative estimate of drug-likeness (QED) is 0.827. The third-order valence-corrected chi connectivity index (χ3v) is 2.36. The molecule has 0 radical (unpaired) electrons. The van der Waals surface area contributed by atoms with Gasteiger partial charge in [-0.1, -0.05) is 6.07 Å². The molecule has 0 aliphatic carbocycles. The van der Waals surface area contributed by atoms with Crippen LogP contribution in [0.2, 0.25) is 0 Å². The molecule has 3 N–H and O–H groups in total. The zero-order valence-corrected chi connectivity index (χ0v) is 8.77. The van der Waals surface area contributed by atoms with Gasteiger partial charge >= 0.3 is 0 Å². The number of ether oxygens (including phenoxy) is 1. The van der Waals surface area contributed by atoms with E-state index in [1.165, 1.54) is 13.2 Å². The summed E-state index contributed by atoms with van der Waals surface area (Å²) in [5.41, 5.74) is 6.26. The molecule has 1 aromatic heterocycles. The van der Waals surface area contributed by atoms with Gasteiger partial charge in [0.05, 0.1) is 13.2 Å². The van der Waals surface area contributed by atoms with Gasteiger partial charge in [0, 0.05) is 24.0 Å². The Bertz CT molecular complexity index is 470. The molecule has 1 heterocycles. The van der Waals surface area contributed by atoms with Crippen molar-refractivity contribution in [3.63, 3.8) is 0 Å². The van der Waals surface area contributed by atoms with Crippen molar-refractivity contribution in [2.75, 3.05) is 7.11 Å². The summed E-state index contributed by atoms with van der Waals surface area (Å²) in [7, 11) is 1.49. The first-order valence-electron chi connectivity index (χ1n) is 4.80. The van der Waals surface area contributed by atoms with Crippen LogP contribution in [0.25, 0.3) is 0 Å². The van der Waals surface area contributed by atoms with E-state index < -0.39 is 11.9 Å². The molecule has 0 aliphatic rings. The molecule has 0 spiro atoms. The highest BCUT2D eigenvalue weighted by atomic mass is 19.1. The minimum atomic E-state index is -0.596. The molecule has 1 atom stereocenters. The Hall–Kier alpha value is -1.88. The largest absolute Gasteiger partial charge is 0.497 e. The highest BCUT2D eigenvalue weighted by Gasteiger charge is 2.15. The van der Waals surface area contributed by atoms with E-state index in [4.69, 9.17) is 10.5 Å².